The van der Waals surface area contributed by atoms with Crippen molar-refractivity contribution >= 4 is 17.7 Å². The summed E-state index contributed by atoms with van der Waals surface area (Å²) in [5.41, 5.74) is 1.42. The number of nitriles is 1. The highest BCUT2D eigenvalue weighted by atomic mass is 32.2. The molecule has 26 heavy (non-hydrogen) atoms. The van der Waals surface area contributed by atoms with E-state index in [4.69, 9.17) is 0 Å². The molecule has 1 atom stereocenters. The van der Waals surface area contributed by atoms with Gasteiger partial charge in [0, 0.05) is 12.1 Å². The van der Waals surface area contributed by atoms with Crippen molar-refractivity contribution in [3.05, 3.63) is 29.8 Å². The lowest BCUT2D eigenvalue weighted by Crippen LogP contribution is -2.47. The first-order valence-electron chi connectivity index (χ1n) is 8.82. The molecule has 0 spiro atoms. The van der Waals surface area contributed by atoms with E-state index in [0.717, 1.165) is 36.3 Å². The van der Waals surface area contributed by atoms with Crippen molar-refractivity contribution in [2.24, 2.45) is 5.92 Å². The van der Waals surface area contributed by atoms with Crippen molar-refractivity contribution in [1.29, 1.82) is 5.26 Å². The summed E-state index contributed by atoms with van der Waals surface area (Å²) >= 11 is 1.35. The fourth-order valence-corrected chi connectivity index (χ4v) is 3.84. The monoisotopic (exact) mass is 369 g/mol. The molecule has 1 amide bonds. The second-order valence-corrected chi connectivity index (χ2v) is 7.73. The fraction of sp³-hybridized carbons (Fsp3) is 0.474. The lowest BCUT2D eigenvalue weighted by molar-refractivity contribution is -0.119. The quantitative estimate of drug-likeness (QED) is 0.758. The van der Waals surface area contributed by atoms with E-state index in [1.54, 1.807) is 6.92 Å². The molecule has 3 rings (SSSR count). The topological polar surface area (TPSA) is 83.6 Å². The second-order valence-electron chi connectivity index (χ2n) is 6.79. The van der Waals surface area contributed by atoms with Crippen molar-refractivity contribution in [2.75, 3.05) is 5.75 Å². The fourth-order valence-electron chi connectivity index (χ4n) is 3.04. The van der Waals surface area contributed by atoms with Crippen LogP contribution in [0.1, 0.15) is 32.3 Å². The number of amides is 1. The van der Waals surface area contributed by atoms with Crippen molar-refractivity contribution < 1.29 is 4.79 Å². The Balaban J connectivity index is 1.70. The van der Waals surface area contributed by atoms with Crippen LogP contribution in [0.2, 0.25) is 0 Å². The van der Waals surface area contributed by atoms with Gasteiger partial charge in [0.2, 0.25) is 5.91 Å². The van der Waals surface area contributed by atoms with Crippen LogP contribution in [0.3, 0.4) is 0 Å². The molecule has 0 aliphatic heterocycles. The molecule has 1 N–H and O–H groups in total. The highest BCUT2D eigenvalue weighted by Crippen LogP contribution is 2.39. The largest absolute Gasteiger partial charge is 0.337 e. The summed E-state index contributed by atoms with van der Waals surface area (Å²) in [5, 5.41) is 21.6. The number of aromatic nitrogens is 3. The number of thioether (sulfide) groups is 1. The van der Waals surface area contributed by atoms with E-state index in [-0.39, 0.29) is 17.6 Å². The van der Waals surface area contributed by atoms with Crippen LogP contribution in [0, 0.1) is 24.2 Å². The summed E-state index contributed by atoms with van der Waals surface area (Å²) < 4.78 is 2.02. The lowest BCUT2D eigenvalue weighted by atomic mass is 9.98. The Morgan fingerprint density at radius 3 is 2.77 bits per heavy atom. The molecular formula is C19H23N5OS. The Morgan fingerprint density at radius 2 is 2.15 bits per heavy atom. The Labute approximate surface area is 158 Å². The predicted molar refractivity (Wildman–Crippen MR) is 101 cm³/mol. The van der Waals surface area contributed by atoms with Crippen LogP contribution < -0.4 is 5.32 Å². The minimum Gasteiger partial charge on any atom is -0.337 e. The van der Waals surface area contributed by atoms with E-state index in [1.807, 2.05) is 42.7 Å². The minimum absolute atomic E-state index is 0.144. The number of nitrogens with zero attached hydrogens (tertiary/aromatic N) is 4. The first kappa shape index (κ1) is 18.5. The number of hydrogen-bond donors (Lipinski definition) is 1. The number of carbonyl (C=O) groups excluding carboxylic acids is 1. The van der Waals surface area contributed by atoms with Gasteiger partial charge in [0.25, 0.3) is 0 Å². The van der Waals surface area contributed by atoms with Gasteiger partial charge in [0.05, 0.1) is 11.8 Å². The molecule has 1 saturated carbocycles. The molecule has 1 aromatic heterocycles. The van der Waals surface area contributed by atoms with Crippen LogP contribution >= 0.6 is 11.8 Å². The number of hydrogen-bond acceptors (Lipinski definition) is 5. The Morgan fingerprint density at radius 1 is 1.42 bits per heavy atom. The molecule has 0 radical (unpaired) electrons. The van der Waals surface area contributed by atoms with E-state index in [2.05, 4.69) is 21.6 Å². The van der Waals surface area contributed by atoms with E-state index >= 15 is 0 Å². The van der Waals surface area contributed by atoms with Crippen molar-refractivity contribution in [2.45, 2.75) is 50.9 Å². The van der Waals surface area contributed by atoms with Gasteiger partial charge in [0.15, 0.2) is 11.0 Å². The summed E-state index contributed by atoms with van der Waals surface area (Å²) in [6.07, 6.45) is 2.00. The summed E-state index contributed by atoms with van der Waals surface area (Å²) in [5.74, 6) is 1.16. The van der Waals surface area contributed by atoms with Gasteiger partial charge in [-0.15, -0.1) is 10.2 Å². The first-order valence-corrected chi connectivity index (χ1v) is 9.81. The van der Waals surface area contributed by atoms with Gasteiger partial charge in [-0.1, -0.05) is 36.0 Å². The van der Waals surface area contributed by atoms with Gasteiger partial charge < -0.3 is 9.88 Å². The highest BCUT2D eigenvalue weighted by Gasteiger charge is 2.42. The standard InChI is InChI=1S/C19H23N5OS/c1-4-24-17(15-8-6-5-7-13(15)2)22-23-18(24)26-11-16(25)21-19(3,12-20)14-9-10-14/h5-8,14H,4,9-11H2,1-3H3,(H,21,25)/t19-/m1/s1. The van der Waals surface area contributed by atoms with Crippen molar-refractivity contribution in [1.82, 2.24) is 20.1 Å². The van der Waals surface area contributed by atoms with Crippen molar-refractivity contribution in [3.63, 3.8) is 0 Å². The maximum atomic E-state index is 12.3. The minimum atomic E-state index is -0.762. The highest BCUT2D eigenvalue weighted by molar-refractivity contribution is 7.99. The maximum Gasteiger partial charge on any atom is 0.231 e. The third-order valence-corrected chi connectivity index (χ3v) is 5.74. The normalized spacial score (nSPS) is 15.9. The van der Waals surface area contributed by atoms with Crippen LogP contribution in [-0.2, 0) is 11.3 Å². The number of nitrogens with one attached hydrogen (secondary N) is 1. The zero-order valence-electron chi connectivity index (χ0n) is 15.3. The Bertz CT molecular complexity index is 852. The maximum absolute atomic E-state index is 12.3. The number of rotatable bonds is 7. The van der Waals surface area contributed by atoms with Crippen LogP contribution in [0.15, 0.2) is 29.4 Å². The predicted octanol–water partition coefficient (Wildman–Crippen LogP) is 3.17. The summed E-state index contributed by atoms with van der Waals surface area (Å²) in [7, 11) is 0. The van der Waals surface area contributed by atoms with Crippen LogP contribution in [0.5, 0.6) is 0 Å². The number of carbonyl (C=O) groups is 1. The van der Waals surface area contributed by atoms with E-state index in [0.29, 0.717) is 5.16 Å². The van der Waals surface area contributed by atoms with Gasteiger partial charge in [-0.05, 0) is 45.1 Å². The Hall–Kier alpha value is -2.33. The summed E-state index contributed by atoms with van der Waals surface area (Å²) in [6.45, 7) is 6.61. The number of benzene rings is 1. The molecule has 0 unspecified atom stereocenters. The van der Waals surface area contributed by atoms with Crippen molar-refractivity contribution in [3.8, 4) is 17.5 Å². The second kappa shape index (κ2) is 7.50. The molecule has 2 aromatic rings. The van der Waals surface area contributed by atoms with Gasteiger partial charge in [-0.25, -0.2) is 0 Å². The molecule has 7 heteroatoms. The van der Waals surface area contributed by atoms with Gasteiger partial charge in [-0.3, -0.25) is 4.79 Å². The zero-order valence-corrected chi connectivity index (χ0v) is 16.1. The molecule has 6 nitrogen and oxygen atoms in total. The molecule has 0 bridgehead atoms. The smallest absolute Gasteiger partial charge is 0.231 e. The number of aryl methyl sites for hydroxylation is 1. The van der Waals surface area contributed by atoms with Crippen LogP contribution in [0.25, 0.3) is 11.4 Å². The van der Waals surface area contributed by atoms with E-state index in [1.165, 1.54) is 11.8 Å². The third kappa shape index (κ3) is 3.75. The van der Waals surface area contributed by atoms with Crippen LogP contribution in [-0.4, -0.2) is 32.0 Å². The van der Waals surface area contributed by atoms with E-state index < -0.39 is 5.54 Å². The summed E-state index contributed by atoms with van der Waals surface area (Å²) in [6, 6.07) is 10.3. The van der Waals surface area contributed by atoms with E-state index in [9.17, 15) is 10.1 Å². The average Bonchev–Trinajstić information content (AvgIpc) is 3.42. The molecule has 136 valence electrons. The summed E-state index contributed by atoms with van der Waals surface area (Å²) in [4.78, 5) is 12.3. The van der Waals surface area contributed by atoms with Crippen LogP contribution in [0.4, 0.5) is 0 Å². The van der Waals surface area contributed by atoms with Gasteiger partial charge >= 0.3 is 0 Å². The Kier molecular flexibility index (Phi) is 5.33. The molecular weight excluding hydrogens is 346 g/mol. The zero-order chi connectivity index (χ0) is 18.7. The molecule has 1 heterocycles. The third-order valence-electron chi connectivity index (χ3n) is 4.78. The SMILES string of the molecule is CCn1c(SCC(=O)N[C@](C)(C#N)C2CC2)nnc1-c1ccccc1C. The molecule has 1 aromatic carbocycles. The van der Waals surface area contributed by atoms with Gasteiger partial charge in [0.1, 0.15) is 5.54 Å². The molecule has 1 aliphatic carbocycles. The average molecular weight is 369 g/mol. The molecule has 1 fully saturated rings. The lowest BCUT2D eigenvalue weighted by Gasteiger charge is -2.22. The molecule has 1 aliphatic rings. The first-order chi connectivity index (χ1) is 12.5. The molecule has 0 saturated heterocycles. The van der Waals surface area contributed by atoms with Gasteiger partial charge in [-0.2, -0.15) is 5.26 Å².